The van der Waals surface area contributed by atoms with Crippen molar-refractivity contribution in [2.45, 2.75) is 6.92 Å². The molecule has 0 radical (unpaired) electrons. The van der Waals surface area contributed by atoms with Crippen LogP contribution in [0.15, 0.2) is 53.1 Å². The molecule has 1 heterocycles. The first-order chi connectivity index (χ1) is 9.79. The summed E-state index contributed by atoms with van der Waals surface area (Å²) in [5.74, 6) is 1.89. The van der Waals surface area contributed by atoms with Crippen LogP contribution in [0.5, 0.6) is 5.75 Å². The zero-order valence-electron chi connectivity index (χ0n) is 11.3. The van der Waals surface area contributed by atoms with Crippen LogP contribution in [0.4, 0.5) is 0 Å². The van der Waals surface area contributed by atoms with Crippen LogP contribution in [0.1, 0.15) is 5.56 Å². The van der Waals surface area contributed by atoms with Gasteiger partial charge in [-0.2, -0.15) is 4.98 Å². The quantitative estimate of drug-likeness (QED) is 0.725. The molecule has 0 fully saturated rings. The lowest BCUT2D eigenvalue weighted by atomic mass is 10.1. The zero-order valence-corrected chi connectivity index (χ0v) is 11.3. The van der Waals surface area contributed by atoms with Gasteiger partial charge < -0.3 is 9.26 Å². The van der Waals surface area contributed by atoms with Gasteiger partial charge in [-0.05, 0) is 19.1 Å². The molecule has 0 saturated carbocycles. The summed E-state index contributed by atoms with van der Waals surface area (Å²) in [4.78, 5) is 4.45. The maximum absolute atomic E-state index is 5.37. The Morgan fingerprint density at radius 3 is 2.55 bits per heavy atom. The van der Waals surface area contributed by atoms with Crippen molar-refractivity contribution < 1.29 is 9.26 Å². The molecule has 0 aliphatic heterocycles. The molecule has 4 nitrogen and oxygen atoms in total. The summed E-state index contributed by atoms with van der Waals surface area (Å²) in [7, 11) is 1.65. The Labute approximate surface area is 117 Å². The lowest BCUT2D eigenvalue weighted by molar-refractivity contribution is 0.410. The van der Waals surface area contributed by atoms with Crippen LogP contribution in [-0.4, -0.2) is 17.3 Å². The van der Waals surface area contributed by atoms with Crippen molar-refractivity contribution in [3.05, 3.63) is 54.1 Å². The molecule has 1 aromatic heterocycles. The Bertz CT molecular complexity index is 720. The van der Waals surface area contributed by atoms with Gasteiger partial charge in [-0.3, -0.25) is 0 Å². The van der Waals surface area contributed by atoms with Gasteiger partial charge in [0, 0.05) is 16.7 Å². The minimum atomic E-state index is 0.500. The summed E-state index contributed by atoms with van der Waals surface area (Å²) in [5.41, 5.74) is 2.81. The molecule has 0 spiro atoms. The van der Waals surface area contributed by atoms with Crippen molar-refractivity contribution in [3.63, 3.8) is 0 Å². The normalized spacial score (nSPS) is 10.5. The van der Waals surface area contributed by atoms with Crippen LogP contribution in [0.25, 0.3) is 22.8 Å². The van der Waals surface area contributed by atoms with Gasteiger partial charge in [-0.15, -0.1) is 0 Å². The van der Waals surface area contributed by atoms with Gasteiger partial charge in [0.05, 0.1) is 7.11 Å². The average molecular weight is 266 g/mol. The molecule has 4 heteroatoms. The molecule has 0 amide bonds. The van der Waals surface area contributed by atoms with Gasteiger partial charge in [-0.1, -0.05) is 41.6 Å². The van der Waals surface area contributed by atoms with Crippen molar-refractivity contribution in [2.24, 2.45) is 0 Å². The van der Waals surface area contributed by atoms with E-state index in [-0.39, 0.29) is 0 Å². The van der Waals surface area contributed by atoms with E-state index in [0.29, 0.717) is 11.7 Å². The molecule has 0 bridgehead atoms. The third-order valence-corrected chi connectivity index (χ3v) is 3.19. The van der Waals surface area contributed by atoms with Gasteiger partial charge in [-0.25, -0.2) is 0 Å². The van der Waals surface area contributed by atoms with E-state index in [1.807, 2.05) is 55.5 Å². The monoisotopic (exact) mass is 266 g/mol. The minimum Gasteiger partial charge on any atom is -0.496 e. The molecule has 0 saturated heterocycles. The van der Waals surface area contributed by atoms with Gasteiger partial charge in [0.1, 0.15) is 5.75 Å². The van der Waals surface area contributed by atoms with E-state index in [1.165, 1.54) is 0 Å². The lowest BCUT2D eigenvalue weighted by Gasteiger charge is -2.06. The molecular formula is C16H14N2O2. The predicted molar refractivity (Wildman–Crippen MR) is 76.5 cm³/mol. The fourth-order valence-electron chi connectivity index (χ4n) is 2.10. The number of aromatic nitrogens is 2. The Morgan fingerprint density at radius 2 is 1.80 bits per heavy atom. The van der Waals surface area contributed by atoms with Crippen molar-refractivity contribution in [3.8, 4) is 28.6 Å². The Balaban J connectivity index is 2.03. The SMILES string of the molecule is COc1cccc(-c2nc(-c3ccccc3)no2)c1C. The second-order valence-electron chi connectivity index (χ2n) is 4.42. The number of ether oxygens (including phenoxy) is 1. The third-order valence-electron chi connectivity index (χ3n) is 3.19. The highest BCUT2D eigenvalue weighted by Gasteiger charge is 2.14. The summed E-state index contributed by atoms with van der Waals surface area (Å²) >= 11 is 0. The second kappa shape index (κ2) is 5.17. The highest BCUT2D eigenvalue weighted by molar-refractivity contribution is 5.64. The first-order valence-corrected chi connectivity index (χ1v) is 6.32. The van der Waals surface area contributed by atoms with Crippen molar-refractivity contribution in [2.75, 3.05) is 7.11 Å². The fraction of sp³-hybridized carbons (Fsp3) is 0.125. The van der Waals surface area contributed by atoms with E-state index < -0.39 is 0 Å². The molecular weight excluding hydrogens is 252 g/mol. The standard InChI is InChI=1S/C16H14N2O2/c1-11-13(9-6-10-14(11)19-2)16-17-15(18-20-16)12-7-4-3-5-8-12/h3-10H,1-2H3. The van der Waals surface area contributed by atoms with Gasteiger partial charge in [0.15, 0.2) is 0 Å². The van der Waals surface area contributed by atoms with Crippen LogP contribution >= 0.6 is 0 Å². The highest BCUT2D eigenvalue weighted by atomic mass is 16.5. The number of rotatable bonds is 3. The van der Waals surface area contributed by atoms with Crippen molar-refractivity contribution in [1.29, 1.82) is 0 Å². The molecule has 20 heavy (non-hydrogen) atoms. The molecule has 0 N–H and O–H groups in total. The second-order valence-corrected chi connectivity index (χ2v) is 4.42. The van der Waals surface area contributed by atoms with Crippen molar-refractivity contribution >= 4 is 0 Å². The van der Waals surface area contributed by atoms with Gasteiger partial charge in [0.2, 0.25) is 5.82 Å². The van der Waals surface area contributed by atoms with Crippen LogP contribution in [0.2, 0.25) is 0 Å². The number of methoxy groups -OCH3 is 1. The van der Waals surface area contributed by atoms with E-state index >= 15 is 0 Å². The Kier molecular flexibility index (Phi) is 3.21. The van der Waals surface area contributed by atoms with E-state index in [2.05, 4.69) is 10.1 Å². The summed E-state index contributed by atoms with van der Waals surface area (Å²) in [6.07, 6.45) is 0. The Hall–Kier alpha value is -2.62. The zero-order chi connectivity index (χ0) is 13.9. The number of benzene rings is 2. The maximum Gasteiger partial charge on any atom is 0.258 e. The van der Waals surface area contributed by atoms with E-state index in [0.717, 1.165) is 22.4 Å². The molecule has 0 aliphatic carbocycles. The van der Waals surface area contributed by atoms with Crippen LogP contribution in [0, 0.1) is 6.92 Å². The largest absolute Gasteiger partial charge is 0.496 e. The summed E-state index contributed by atoms with van der Waals surface area (Å²) in [6, 6.07) is 15.5. The first-order valence-electron chi connectivity index (χ1n) is 6.32. The maximum atomic E-state index is 5.37. The van der Waals surface area contributed by atoms with Crippen LogP contribution < -0.4 is 4.74 Å². The van der Waals surface area contributed by atoms with E-state index in [4.69, 9.17) is 9.26 Å². The van der Waals surface area contributed by atoms with Gasteiger partial charge >= 0.3 is 0 Å². The molecule has 100 valence electrons. The molecule has 0 aliphatic rings. The Morgan fingerprint density at radius 1 is 1.00 bits per heavy atom. The highest BCUT2D eigenvalue weighted by Crippen LogP contribution is 2.29. The molecule has 2 aromatic carbocycles. The molecule has 3 rings (SSSR count). The third kappa shape index (κ3) is 2.16. The summed E-state index contributed by atoms with van der Waals surface area (Å²) < 4.78 is 10.7. The molecule has 3 aromatic rings. The summed E-state index contributed by atoms with van der Waals surface area (Å²) in [6.45, 7) is 1.97. The molecule has 0 atom stereocenters. The lowest BCUT2D eigenvalue weighted by Crippen LogP contribution is -1.90. The number of hydrogen-bond acceptors (Lipinski definition) is 4. The smallest absolute Gasteiger partial charge is 0.258 e. The van der Waals surface area contributed by atoms with Gasteiger partial charge in [0.25, 0.3) is 5.89 Å². The minimum absolute atomic E-state index is 0.500. The topological polar surface area (TPSA) is 48.2 Å². The number of hydrogen-bond donors (Lipinski definition) is 0. The fourth-order valence-corrected chi connectivity index (χ4v) is 2.10. The van der Waals surface area contributed by atoms with Crippen molar-refractivity contribution in [1.82, 2.24) is 10.1 Å². The average Bonchev–Trinajstić information content (AvgIpc) is 2.98. The van der Waals surface area contributed by atoms with Crippen LogP contribution in [0.3, 0.4) is 0 Å². The predicted octanol–water partition coefficient (Wildman–Crippen LogP) is 3.72. The summed E-state index contributed by atoms with van der Waals surface area (Å²) in [5, 5.41) is 4.03. The molecule has 0 unspecified atom stereocenters. The first kappa shape index (κ1) is 12.4. The van der Waals surface area contributed by atoms with Crippen LogP contribution in [-0.2, 0) is 0 Å². The van der Waals surface area contributed by atoms with E-state index in [9.17, 15) is 0 Å². The number of nitrogens with zero attached hydrogens (tertiary/aromatic N) is 2. The van der Waals surface area contributed by atoms with E-state index in [1.54, 1.807) is 7.11 Å².